The molecule has 5 heteroatoms. The Morgan fingerprint density at radius 1 is 0.886 bits per heavy atom. The van der Waals surface area contributed by atoms with Gasteiger partial charge in [0.2, 0.25) is 5.60 Å². The summed E-state index contributed by atoms with van der Waals surface area (Å²) >= 11 is 0. The fourth-order valence-electron chi connectivity index (χ4n) is 3.93. The van der Waals surface area contributed by atoms with Gasteiger partial charge in [0.1, 0.15) is 18.1 Å². The predicted octanol–water partition coefficient (Wildman–Crippen LogP) is 6.69. The number of hydrogen-bond acceptors (Lipinski definition) is 5. The highest BCUT2D eigenvalue weighted by atomic mass is 16.6. The van der Waals surface area contributed by atoms with E-state index in [1.807, 2.05) is 55.5 Å². The summed E-state index contributed by atoms with van der Waals surface area (Å²) in [7, 11) is 0. The Bertz CT molecular complexity index is 848. The van der Waals surface area contributed by atoms with E-state index in [4.69, 9.17) is 14.2 Å². The molecular formula is C30H45NO4. The topological polar surface area (TPSA) is 56.8 Å². The van der Waals surface area contributed by atoms with E-state index in [1.165, 1.54) is 37.7 Å². The van der Waals surface area contributed by atoms with E-state index in [9.17, 15) is 4.79 Å². The van der Waals surface area contributed by atoms with Crippen molar-refractivity contribution in [2.75, 3.05) is 26.3 Å². The Balaban J connectivity index is 1.89. The fourth-order valence-corrected chi connectivity index (χ4v) is 3.93. The van der Waals surface area contributed by atoms with Crippen LogP contribution in [0.4, 0.5) is 0 Å². The maximum absolute atomic E-state index is 12.8. The van der Waals surface area contributed by atoms with Crippen molar-refractivity contribution in [2.45, 2.75) is 84.7 Å². The van der Waals surface area contributed by atoms with E-state index >= 15 is 0 Å². The van der Waals surface area contributed by atoms with Gasteiger partial charge in [-0.1, -0.05) is 70.7 Å². The van der Waals surface area contributed by atoms with Crippen molar-refractivity contribution >= 4 is 5.97 Å². The normalized spacial score (nSPS) is 12.9. The predicted molar refractivity (Wildman–Crippen MR) is 143 cm³/mol. The minimum Gasteiger partial charge on any atom is -0.492 e. The molecule has 5 nitrogen and oxygen atoms in total. The zero-order chi connectivity index (χ0) is 25.5. The first-order valence-electron chi connectivity index (χ1n) is 13.3. The molecule has 0 fully saturated rings. The first-order chi connectivity index (χ1) is 16.9. The van der Waals surface area contributed by atoms with E-state index in [0.717, 1.165) is 24.4 Å². The number of benzene rings is 2. The Morgan fingerprint density at radius 3 is 2.17 bits per heavy atom. The number of nitrogens with one attached hydrogen (secondary N) is 1. The molecule has 0 aliphatic heterocycles. The molecule has 1 N–H and O–H groups in total. The van der Waals surface area contributed by atoms with Crippen molar-refractivity contribution in [2.24, 2.45) is 0 Å². The summed E-state index contributed by atoms with van der Waals surface area (Å²) in [4.78, 5) is 12.8. The number of carbonyl (C=O) groups is 1. The van der Waals surface area contributed by atoms with Gasteiger partial charge in [0, 0.05) is 13.0 Å². The average Bonchev–Trinajstić information content (AvgIpc) is 2.84. The van der Waals surface area contributed by atoms with Gasteiger partial charge in [-0.2, -0.15) is 0 Å². The standard InChI is InChI=1S/C30H45NO4/c1-6-8-9-10-11-20-31-21-22-34-27-16-12-25(13-17-27)23-30(5,29(32)33-7-2)35-28-18-14-26(15-19-28)24(3)4/h12-19,24,31H,6-11,20-23H2,1-5H3. The highest BCUT2D eigenvalue weighted by Gasteiger charge is 2.37. The molecule has 2 aromatic carbocycles. The summed E-state index contributed by atoms with van der Waals surface area (Å²) in [6, 6.07) is 15.8. The van der Waals surface area contributed by atoms with Crippen LogP contribution < -0.4 is 14.8 Å². The van der Waals surface area contributed by atoms with Gasteiger partial charge in [-0.05, 0) is 68.1 Å². The highest BCUT2D eigenvalue weighted by molar-refractivity contribution is 5.80. The molecule has 0 spiro atoms. The Morgan fingerprint density at radius 2 is 1.54 bits per heavy atom. The second-order valence-corrected chi connectivity index (χ2v) is 9.61. The smallest absolute Gasteiger partial charge is 0.350 e. The number of esters is 1. The molecule has 2 aromatic rings. The molecule has 1 atom stereocenters. The molecule has 0 heterocycles. The van der Waals surface area contributed by atoms with Gasteiger partial charge in [-0.3, -0.25) is 0 Å². The summed E-state index contributed by atoms with van der Waals surface area (Å²) in [6.45, 7) is 13.0. The van der Waals surface area contributed by atoms with E-state index in [1.54, 1.807) is 6.92 Å². The number of hydrogen-bond donors (Lipinski definition) is 1. The Kier molecular flexibility index (Phi) is 12.7. The zero-order valence-corrected chi connectivity index (χ0v) is 22.4. The van der Waals surface area contributed by atoms with E-state index in [2.05, 4.69) is 26.1 Å². The molecular weight excluding hydrogens is 438 g/mol. The van der Waals surface area contributed by atoms with Crippen LogP contribution in [0.3, 0.4) is 0 Å². The van der Waals surface area contributed by atoms with Gasteiger partial charge in [0.15, 0.2) is 0 Å². The van der Waals surface area contributed by atoms with E-state index in [-0.39, 0.29) is 5.97 Å². The number of ether oxygens (including phenoxy) is 3. The van der Waals surface area contributed by atoms with Crippen LogP contribution in [0.15, 0.2) is 48.5 Å². The van der Waals surface area contributed by atoms with Crippen molar-refractivity contribution in [1.29, 1.82) is 0 Å². The third-order valence-electron chi connectivity index (χ3n) is 6.07. The van der Waals surface area contributed by atoms with Crippen molar-refractivity contribution in [3.63, 3.8) is 0 Å². The summed E-state index contributed by atoms with van der Waals surface area (Å²) < 4.78 is 17.4. The molecule has 2 rings (SSSR count). The largest absolute Gasteiger partial charge is 0.492 e. The molecule has 194 valence electrons. The highest BCUT2D eigenvalue weighted by Crippen LogP contribution is 2.26. The third-order valence-corrected chi connectivity index (χ3v) is 6.07. The first kappa shape index (κ1) is 28.7. The molecule has 0 saturated heterocycles. The average molecular weight is 484 g/mol. The zero-order valence-electron chi connectivity index (χ0n) is 22.4. The van der Waals surface area contributed by atoms with Crippen molar-refractivity contribution in [3.8, 4) is 11.5 Å². The van der Waals surface area contributed by atoms with Gasteiger partial charge < -0.3 is 19.5 Å². The molecule has 0 aliphatic rings. The Hall–Kier alpha value is -2.53. The summed E-state index contributed by atoms with van der Waals surface area (Å²) in [5.41, 5.74) is 1.09. The second kappa shape index (κ2) is 15.5. The monoisotopic (exact) mass is 483 g/mol. The SMILES string of the molecule is CCCCCCCNCCOc1ccc(CC(C)(Oc2ccc(C(C)C)cc2)C(=O)OCC)cc1. The molecule has 0 amide bonds. The van der Waals surface area contributed by atoms with Crippen LogP contribution in [0, 0.1) is 0 Å². The molecule has 0 aliphatic carbocycles. The van der Waals surface area contributed by atoms with Crippen molar-refractivity contribution in [1.82, 2.24) is 5.32 Å². The maximum atomic E-state index is 12.8. The Labute approximate surface area is 212 Å². The number of rotatable bonds is 17. The van der Waals surface area contributed by atoms with Crippen LogP contribution >= 0.6 is 0 Å². The van der Waals surface area contributed by atoms with Crippen LogP contribution in [0.25, 0.3) is 0 Å². The maximum Gasteiger partial charge on any atom is 0.350 e. The molecule has 35 heavy (non-hydrogen) atoms. The van der Waals surface area contributed by atoms with Crippen LogP contribution in [-0.4, -0.2) is 37.9 Å². The summed E-state index contributed by atoms with van der Waals surface area (Å²) in [5, 5.41) is 3.44. The lowest BCUT2D eigenvalue weighted by atomic mass is 9.96. The molecule has 0 bridgehead atoms. The van der Waals surface area contributed by atoms with Gasteiger partial charge in [-0.25, -0.2) is 4.79 Å². The summed E-state index contributed by atoms with van der Waals surface area (Å²) in [5.74, 6) is 1.55. The van der Waals surface area contributed by atoms with Gasteiger partial charge in [0.05, 0.1) is 6.61 Å². The minimum atomic E-state index is -1.13. The second-order valence-electron chi connectivity index (χ2n) is 9.61. The number of carbonyl (C=O) groups excluding carboxylic acids is 1. The van der Waals surface area contributed by atoms with Crippen LogP contribution in [0.5, 0.6) is 11.5 Å². The van der Waals surface area contributed by atoms with Crippen LogP contribution in [0.2, 0.25) is 0 Å². The van der Waals surface area contributed by atoms with Crippen LogP contribution in [0.1, 0.15) is 83.8 Å². The minimum absolute atomic E-state index is 0.309. The fraction of sp³-hybridized carbons (Fsp3) is 0.567. The van der Waals surface area contributed by atoms with Crippen molar-refractivity contribution < 1.29 is 19.0 Å². The molecule has 0 aromatic heterocycles. The quantitative estimate of drug-likeness (QED) is 0.201. The van der Waals surface area contributed by atoms with Gasteiger partial charge in [-0.15, -0.1) is 0 Å². The van der Waals surface area contributed by atoms with Gasteiger partial charge >= 0.3 is 5.97 Å². The summed E-state index contributed by atoms with van der Waals surface area (Å²) in [6.07, 6.45) is 6.85. The third kappa shape index (κ3) is 10.3. The molecule has 0 saturated carbocycles. The van der Waals surface area contributed by atoms with E-state index in [0.29, 0.717) is 31.3 Å². The molecule has 1 unspecified atom stereocenters. The lowest BCUT2D eigenvalue weighted by Crippen LogP contribution is -2.45. The van der Waals surface area contributed by atoms with Crippen molar-refractivity contribution in [3.05, 3.63) is 59.7 Å². The first-order valence-corrected chi connectivity index (χ1v) is 13.3. The van der Waals surface area contributed by atoms with Gasteiger partial charge in [0.25, 0.3) is 0 Å². The lowest BCUT2D eigenvalue weighted by Gasteiger charge is -2.29. The van der Waals surface area contributed by atoms with E-state index < -0.39 is 5.60 Å². The lowest BCUT2D eigenvalue weighted by molar-refractivity contribution is -0.160. The van der Waals surface area contributed by atoms with Crippen LogP contribution in [-0.2, 0) is 16.0 Å². The molecule has 0 radical (unpaired) electrons. The number of unbranched alkanes of at least 4 members (excludes halogenated alkanes) is 4.